The molecule has 9 nitrogen and oxygen atoms in total. The second-order valence-corrected chi connectivity index (χ2v) is 7.03. The molecule has 176 valence electrons. The van der Waals surface area contributed by atoms with Crippen LogP contribution in [0.25, 0.3) is 5.69 Å². The Morgan fingerprint density at radius 2 is 1.97 bits per heavy atom. The third-order valence-electron chi connectivity index (χ3n) is 4.70. The number of benzene rings is 2. The molecule has 0 spiro atoms. The molecule has 2 heterocycles. The van der Waals surface area contributed by atoms with Crippen LogP contribution in [-0.2, 0) is 12.7 Å². The van der Waals surface area contributed by atoms with Gasteiger partial charge in [0.25, 0.3) is 5.91 Å². The number of ether oxygens (including phenoxy) is 2. The Kier molecular flexibility index (Phi) is 6.48. The number of hydrogen-bond acceptors (Lipinski definition) is 6. The number of carbonyl (C=O) groups is 1. The van der Waals surface area contributed by atoms with Crippen molar-refractivity contribution < 1.29 is 27.4 Å². The molecule has 0 atom stereocenters. The van der Waals surface area contributed by atoms with Crippen LogP contribution < -0.4 is 14.8 Å². The summed E-state index contributed by atoms with van der Waals surface area (Å²) in [6.07, 6.45) is -0.158. The molecule has 0 saturated carbocycles. The minimum Gasteiger partial charge on any atom is -0.493 e. The molecule has 34 heavy (non-hydrogen) atoms. The third kappa shape index (κ3) is 5.34. The first kappa shape index (κ1) is 22.8. The first-order valence-electron chi connectivity index (χ1n) is 10.0. The Bertz CT molecular complexity index is 1270. The molecule has 1 N–H and O–H groups in total. The number of halogens is 3. The average molecular weight is 472 g/mol. The van der Waals surface area contributed by atoms with E-state index in [1.165, 1.54) is 31.8 Å². The van der Waals surface area contributed by atoms with Crippen LogP contribution in [0.1, 0.15) is 16.1 Å². The molecule has 0 aliphatic heterocycles. The molecular formula is C22H19F3N6O3. The van der Waals surface area contributed by atoms with E-state index in [1.54, 1.807) is 35.3 Å². The molecule has 0 unspecified atom stereocenters. The van der Waals surface area contributed by atoms with E-state index in [0.717, 1.165) is 16.8 Å². The minimum atomic E-state index is -4.50. The second-order valence-electron chi connectivity index (χ2n) is 7.03. The van der Waals surface area contributed by atoms with E-state index in [1.807, 2.05) is 0 Å². The molecule has 0 aliphatic rings. The lowest BCUT2D eigenvalue weighted by molar-refractivity contribution is -0.137. The van der Waals surface area contributed by atoms with Crippen molar-refractivity contribution in [2.75, 3.05) is 19.0 Å². The lowest BCUT2D eigenvalue weighted by Gasteiger charge is -2.09. The quantitative estimate of drug-likeness (QED) is 0.419. The standard InChI is InChI=1S/C22H19F3N6O3/c1-33-19-12-31(17-6-2-4-15(10-17)22(23,24)25)29-20(19)21(32)28-16-5-3-7-18(11-16)34-9-8-30-14-26-13-27-30/h2-7,10-14H,8-9H2,1H3,(H,28,32). The van der Waals surface area contributed by atoms with Crippen LogP contribution in [0.4, 0.5) is 18.9 Å². The number of carbonyl (C=O) groups excluding carboxylic acids is 1. The number of aromatic nitrogens is 5. The van der Waals surface area contributed by atoms with Crippen molar-refractivity contribution in [1.29, 1.82) is 0 Å². The highest BCUT2D eigenvalue weighted by Gasteiger charge is 2.30. The van der Waals surface area contributed by atoms with Crippen molar-refractivity contribution in [3.63, 3.8) is 0 Å². The molecule has 0 fully saturated rings. The van der Waals surface area contributed by atoms with E-state index < -0.39 is 17.6 Å². The van der Waals surface area contributed by atoms with Gasteiger partial charge in [-0.05, 0) is 30.3 Å². The van der Waals surface area contributed by atoms with E-state index in [0.29, 0.717) is 24.6 Å². The summed E-state index contributed by atoms with van der Waals surface area (Å²) in [5.74, 6) is 0.0388. The summed E-state index contributed by atoms with van der Waals surface area (Å²) in [7, 11) is 1.34. The van der Waals surface area contributed by atoms with E-state index >= 15 is 0 Å². The van der Waals surface area contributed by atoms with E-state index in [2.05, 4.69) is 20.5 Å². The maximum atomic E-state index is 13.1. The monoisotopic (exact) mass is 472 g/mol. The Morgan fingerprint density at radius 3 is 2.71 bits per heavy atom. The predicted molar refractivity (Wildman–Crippen MR) is 115 cm³/mol. The van der Waals surface area contributed by atoms with Gasteiger partial charge in [0.15, 0.2) is 11.4 Å². The first-order chi connectivity index (χ1) is 16.3. The molecule has 4 rings (SSSR count). The number of nitrogens with one attached hydrogen (secondary N) is 1. The van der Waals surface area contributed by atoms with Gasteiger partial charge in [0.2, 0.25) is 0 Å². The van der Waals surface area contributed by atoms with Crippen LogP contribution in [0, 0.1) is 0 Å². The smallest absolute Gasteiger partial charge is 0.416 e. The highest BCUT2D eigenvalue weighted by Crippen LogP contribution is 2.31. The summed E-state index contributed by atoms with van der Waals surface area (Å²) in [6, 6.07) is 11.4. The number of hydrogen-bond donors (Lipinski definition) is 1. The van der Waals surface area contributed by atoms with E-state index in [9.17, 15) is 18.0 Å². The topological polar surface area (TPSA) is 96.1 Å². The van der Waals surface area contributed by atoms with Gasteiger partial charge in [0.1, 0.15) is 25.0 Å². The fourth-order valence-corrected chi connectivity index (χ4v) is 3.08. The summed E-state index contributed by atoms with van der Waals surface area (Å²) in [4.78, 5) is 16.7. The van der Waals surface area contributed by atoms with Gasteiger partial charge in [0.05, 0.1) is 31.1 Å². The Morgan fingerprint density at radius 1 is 1.15 bits per heavy atom. The molecular weight excluding hydrogens is 453 g/mol. The van der Waals surface area contributed by atoms with Crippen LogP contribution >= 0.6 is 0 Å². The predicted octanol–water partition coefficient (Wildman–Crippen LogP) is 3.82. The van der Waals surface area contributed by atoms with Crippen LogP contribution in [-0.4, -0.2) is 44.2 Å². The normalized spacial score (nSPS) is 11.3. The largest absolute Gasteiger partial charge is 0.493 e. The van der Waals surface area contributed by atoms with E-state index in [-0.39, 0.29) is 17.1 Å². The molecule has 12 heteroatoms. The SMILES string of the molecule is COc1cn(-c2cccc(C(F)(F)F)c2)nc1C(=O)Nc1cccc(OCCn2cncn2)c1. The Hall–Kier alpha value is -4.35. The summed E-state index contributed by atoms with van der Waals surface area (Å²) >= 11 is 0. The second kappa shape index (κ2) is 9.65. The van der Waals surface area contributed by atoms with Gasteiger partial charge in [-0.15, -0.1) is 0 Å². The molecule has 0 aliphatic carbocycles. The fraction of sp³-hybridized carbons (Fsp3) is 0.182. The zero-order valence-electron chi connectivity index (χ0n) is 17.9. The first-order valence-corrected chi connectivity index (χ1v) is 10.0. The zero-order chi connectivity index (χ0) is 24.1. The highest BCUT2D eigenvalue weighted by atomic mass is 19.4. The van der Waals surface area contributed by atoms with Gasteiger partial charge >= 0.3 is 6.18 Å². The maximum absolute atomic E-state index is 13.1. The maximum Gasteiger partial charge on any atom is 0.416 e. The number of amides is 1. The van der Waals surface area contributed by atoms with Gasteiger partial charge in [-0.1, -0.05) is 12.1 Å². The lowest BCUT2D eigenvalue weighted by Crippen LogP contribution is -2.14. The number of alkyl halides is 3. The molecule has 4 aromatic rings. The van der Waals surface area contributed by atoms with Crippen molar-refractivity contribution in [3.05, 3.63) is 78.6 Å². The molecule has 0 saturated heterocycles. The van der Waals surface area contributed by atoms with Gasteiger partial charge in [0, 0.05) is 11.8 Å². The molecule has 2 aromatic carbocycles. The van der Waals surface area contributed by atoms with Gasteiger partial charge in [-0.2, -0.15) is 23.4 Å². The van der Waals surface area contributed by atoms with Crippen LogP contribution in [0.2, 0.25) is 0 Å². The molecule has 1 amide bonds. The minimum absolute atomic E-state index is 0.0857. The summed E-state index contributed by atoms with van der Waals surface area (Å²) in [6.45, 7) is 0.844. The molecule has 2 aromatic heterocycles. The summed E-state index contributed by atoms with van der Waals surface area (Å²) in [5.41, 5.74) is -0.336. The Balaban J connectivity index is 1.48. The van der Waals surface area contributed by atoms with Gasteiger partial charge in [-0.25, -0.2) is 14.3 Å². The molecule has 0 bridgehead atoms. The van der Waals surface area contributed by atoms with Crippen molar-refractivity contribution >= 4 is 11.6 Å². The zero-order valence-corrected chi connectivity index (χ0v) is 17.9. The van der Waals surface area contributed by atoms with E-state index in [4.69, 9.17) is 9.47 Å². The summed E-state index contributed by atoms with van der Waals surface area (Å²) in [5, 5.41) is 10.8. The van der Waals surface area contributed by atoms with Gasteiger partial charge < -0.3 is 14.8 Å². The number of rotatable bonds is 8. The highest BCUT2D eigenvalue weighted by molar-refractivity contribution is 6.04. The fourth-order valence-electron chi connectivity index (χ4n) is 3.08. The summed E-state index contributed by atoms with van der Waals surface area (Å²) < 4.78 is 52.8. The molecule has 0 radical (unpaired) electrons. The van der Waals surface area contributed by atoms with Crippen molar-refractivity contribution in [3.8, 4) is 17.2 Å². The lowest BCUT2D eigenvalue weighted by atomic mass is 10.2. The number of nitrogens with zero attached hydrogens (tertiary/aromatic N) is 5. The number of methoxy groups -OCH3 is 1. The number of anilines is 1. The van der Waals surface area contributed by atoms with Crippen molar-refractivity contribution in [1.82, 2.24) is 24.5 Å². The Labute approximate surface area is 191 Å². The van der Waals surface area contributed by atoms with Crippen LogP contribution in [0.5, 0.6) is 11.5 Å². The average Bonchev–Trinajstić information content (AvgIpc) is 3.49. The van der Waals surface area contributed by atoms with Crippen LogP contribution in [0.15, 0.2) is 67.4 Å². The van der Waals surface area contributed by atoms with Crippen molar-refractivity contribution in [2.24, 2.45) is 0 Å². The third-order valence-corrected chi connectivity index (χ3v) is 4.70. The van der Waals surface area contributed by atoms with Crippen molar-refractivity contribution in [2.45, 2.75) is 12.7 Å². The van der Waals surface area contributed by atoms with Gasteiger partial charge in [-0.3, -0.25) is 4.79 Å². The van der Waals surface area contributed by atoms with Crippen LogP contribution in [0.3, 0.4) is 0 Å².